The monoisotopic (exact) mass is 366 g/mol. The summed E-state index contributed by atoms with van der Waals surface area (Å²) in [6.45, 7) is 3.31. The van der Waals surface area contributed by atoms with Gasteiger partial charge >= 0.3 is 0 Å². The van der Waals surface area contributed by atoms with Crippen molar-refractivity contribution >= 4 is 17.6 Å². The molecule has 2 aliphatic heterocycles. The van der Waals surface area contributed by atoms with Gasteiger partial charge in [-0.3, -0.25) is 4.79 Å². The number of guanidine groups is 1. The Balaban J connectivity index is 1.43. The molecule has 2 aromatic rings. The number of aliphatic imine (C=N–C) groups is 1. The zero-order valence-electron chi connectivity index (χ0n) is 15.1. The number of para-hydroxylation sites is 1. The Morgan fingerprint density at radius 3 is 2.96 bits per heavy atom. The number of fused-ring (bicyclic) bond motifs is 2. The van der Waals surface area contributed by atoms with E-state index >= 15 is 0 Å². The molecule has 2 heterocycles. The van der Waals surface area contributed by atoms with Crippen LogP contribution in [-0.4, -0.2) is 40.7 Å². The van der Waals surface area contributed by atoms with E-state index in [9.17, 15) is 9.90 Å². The number of ether oxygens (including phenoxy) is 1. The lowest BCUT2D eigenvalue weighted by atomic mass is 10.1. The lowest BCUT2D eigenvalue weighted by Gasteiger charge is -2.30. The van der Waals surface area contributed by atoms with Crippen LogP contribution in [0.5, 0.6) is 5.75 Å². The van der Waals surface area contributed by atoms with E-state index in [0.29, 0.717) is 31.3 Å². The predicted octanol–water partition coefficient (Wildman–Crippen LogP) is 1.69. The first-order chi connectivity index (χ1) is 13.1. The molecule has 3 N–H and O–H groups in total. The SMILES string of the molecule is CC(Oc1cccc2c1NC1=NC(O)CN1C2)C(=O)NCc1ccccc1. The smallest absolute Gasteiger partial charge is 0.261 e. The molecule has 0 radical (unpaired) electrons. The second-order valence-corrected chi connectivity index (χ2v) is 6.69. The summed E-state index contributed by atoms with van der Waals surface area (Å²) in [5, 5.41) is 15.8. The second-order valence-electron chi connectivity index (χ2n) is 6.69. The molecule has 0 saturated heterocycles. The lowest BCUT2D eigenvalue weighted by molar-refractivity contribution is -0.127. The minimum absolute atomic E-state index is 0.178. The van der Waals surface area contributed by atoms with Gasteiger partial charge in [-0.15, -0.1) is 0 Å². The van der Waals surface area contributed by atoms with Gasteiger partial charge in [0.05, 0.1) is 12.2 Å². The number of carbonyl (C=O) groups is 1. The van der Waals surface area contributed by atoms with Gasteiger partial charge in [-0.25, -0.2) is 4.99 Å². The van der Waals surface area contributed by atoms with Crippen LogP contribution in [0.25, 0.3) is 0 Å². The average Bonchev–Trinajstić information content (AvgIpc) is 3.04. The normalized spacial score (nSPS) is 18.7. The number of benzene rings is 2. The number of aliphatic hydroxyl groups is 1. The van der Waals surface area contributed by atoms with Crippen molar-refractivity contribution in [2.45, 2.75) is 32.3 Å². The molecule has 27 heavy (non-hydrogen) atoms. The highest BCUT2D eigenvalue weighted by Gasteiger charge is 2.30. The number of hydrogen-bond donors (Lipinski definition) is 3. The fraction of sp³-hybridized carbons (Fsp3) is 0.300. The van der Waals surface area contributed by atoms with E-state index in [-0.39, 0.29) is 5.91 Å². The molecule has 0 aromatic heterocycles. The number of carbonyl (C=O) groups excluding carboxylic acids is 1. The standard InChI is InChI=1S/C20H22N4O3/c1-13(19(26)21-10-14-6-3-2-4-7-14)27-16-9-5-8-15-11-24-12-17(25)22-20(24)23-18(15)16/h2-9,13,17,25H,10-12H2,1H3,(H,21,26)(H,22,23). The predicted molar refractivity (Wildman–Crippen MR) is 102 cm³/mol. The summed E-state index contributed by atoms with van der Waals surface area (Å²) in [5.41, 5.74) is 2.87. The van der Waals surface area contributed by atoms with E-state index in [0.717, 1.165) is 16.8 Å². The molecule has 2 aromatic carbocycles. The molecular weight excluding hydrogens is 344 g/mol. The number of amides is 1. The van der Waals surface area contributed by atoms with Crippen molar-refractivity contribution in [3.8, 4) is 5.75 Å². The number of anilines is 1. The third kappa shape index (κ3) is 3.73. The van der Waals surface area contributed by atoms with Gasteiger partial charge < -0.3 is 25.4 Å². The van der Waals surface area contributed by atoms with Gasteiger partial charge in [0.2, 0.25) is 5.96 Å². The molecule has 0 saturated carbocycles. The molecule has 2 unspecified atom stereocenters. The number of nitrogens with zero attached hydrogens (tertiary/aromatic N) is 2. The molecule has 7 nitrogen and oxygen atoms in total. The first-order valence-electron chi connectivity index (χ1n) is 8.98. The van der Waals surface area contributed by atoms with E-state index in [4.69, 9.17) is 4.74 Å². The van der Waals surface area contributed by atoms with Gasteiger partial charge in [0.1, 0.15) is 5.75 Å². The maximum Gasteiger partial charge on any atom is 0.261 e. The first-order valence-corrected chi connectivity index (χ1v) is 8.98. The van der Waals surface area contributed by atoms with Crippen LogP contribution < -0.4 is 15.4 Å². The van der Waals surface area contributed by atoms with E-state index in [2.05, 4.69) is 15.6 Å². The zero-order valence-corrected chi connectivity index (χ0v) is 15.1. The fourth-order valence-electron chi connectivity index (χ4n) is 3.24. The summed E-state index contributed by atoms with van der Waals surface area (Å²) in [6.07, 6.45) is -1.36. The summed E-state index contributed by atoms with van der Waals surface area (Å²) in [4.78, 5) is 18.6. The van der Waals surface area contributed by atoms with E-state index < -0.39 is 12.3 Å². The maximum atomic E-state index is 12.4. The van der Waals surface area contributed by atoms with Crippen LogP contribution in [0.1, 0.15) is 18.1 Å². The van der Waals surface area contributed by atoms with Crippen LogP contribution in [0.2, 0.25) is 0 Å². The number of hydrogen-bond acceptors (Lipinski definition) is 6. The highest BCUT2D eigenvalue weighted by atomic mass is 16.5. The highest BCUT2D eigenvalue weighted by Crippen LogP contribution is 2.34. The Kier molecular flexibility index (Phi) is 4.68. The molecule has 2 atom stereocenters. The van der Waals surface area contributed by atoms with Crippen LogP contribution >= 0.6 is 0 Å². The summed E-state index contributed by atoms with van der Waals surface area (Å²) < 4.78 is 5.93. The Bertz CT molecular complexity index is 869. The van der Waals surface area contributed by atoms with Gasteiger partial charge in [0.15, 0.2) is 12.3 Å². The fourth-order valence-corrected chi connectivity index (χ4v) is 3.24. The van der Waals surface area contributed by atoms with E-state index in [1.54, 1.807) is 6.92 Å². The molecular formula is C20H22N4O3. The van der Waals surface area contributed by atoms with E-state index in [1.807, 2.05) is 53.4 Å². The van der Waals surface area contributed by atoms with Crippen molar-refractivity contribution in [3.63, 3.8) is 0 Å². The first kappa shape index (κ1) is 17.4. The van der Waals surface area contributed by atoms with Gasteiger partial charge in [-0.05, 0) is 24.1 Å². The Morgan fingerprint density at radius 2 is 2.15 bits per heavy atom. The minimum Gasteiger partial charge on any atom is -0.479 e. The molecule has 0 bridgehead atoms. The lowest BCUT2D eigenvalue weighted by Crippen LogP contribution is -2.39. The third-order valence-electron chi connectivity index (χ3n) is 4.65. The molecule has 2 aliphatic rings. The van der Waals surface area contributed by atoms with Gasteiger partial charge in [-0.2, -0.15) is 0 Å². The van der Waals surface area contributed by atoms with Crippen molar-refractivity contribution in [3.05, 3.63) is 59.7 Å². The topological polar surface area (TPSA) is 86.2 Å². The maximum absolute atomic E-state index is 12.4. The molecule has 140 valence electrons. The third-order valence-corrected chi connectivity index (χ3v) is 4.65. The van der Waals surface area contributed by atoms with Crippen LogP contribution in [0.4, 0.5) is 5.69 Å². The molecule has 0 spiro atoms. The van der Waals surface area contributed by atoms with Crippen molar-refractivity contribution < 1.29 is 14.6 Å². The van der Waals surface area contributed by atoms with Crippen molar-refractivity contribution in [1.29, 1.82) is 0 Å². The summed E-state index contributed by atoms with van der Waals surface area (Å²) in [6, 6.07) is 15.5. The molecule has 1 amide bonds. The number of aliphatic hydroxyl groups excluding tert-OH is 1. The summed E-state index contributed by atoms with van der Waals surface area (Å²) in [7, 11) is 0. The van der Waals surface area contributed by atoms with Gasteiger partial charge in [0, 0.05) is 13.1 Å². The highest BCUT2D eigenvalue weighted by molar-refractivity contribution is 5.99. The quantitative estimate of drug-likeness (QED) is 0.750. The van der Waals surface area contributed by atoms with Crippen LogP contribution in [-0.2, 0) is 17.9 Å². The Morgan fingerprint density at radius 1 is 1.33 bits per heavy atom. The molecule has 0 fully saturated rings. The second kappa shape index (κ2) is 7.28. The van der Waals surface area contributed by atoms with Crippen molar-refractivity contribution in [1.82, 2.24) is 10.2 Å². The average molecular weight is 366 g/mol. The summed E-state index contributed by atoms with van der Waals surface area (Å²) >= 11 is 0. The molecule has 7 heteroatoms. The molecule has 4 rings (SSSR count). The van der Waals surface area contributed by atoms with Crippen LogP contribution in [0, 0.1) is 0 Å². The van der Waals surface area contributed by atoms with Gasteiger partial charge in [0.25, 0.3) is 5.91 Å². The van der Waals surface area contributed by atoms with Crippen molar-refractivity contribution in [2.24, 2.45) is 4.99 Å². The number of nitrogens with one attached hydrogen (secondary N) is 2. The van der Waals surface area contributed by atoms with Gasteiger partial charge in [-0.1, -0.05) is 42.5 Å². The molecule has 0 aliphatic carbocycles. The largest absolute Gasteiger partial charge is 0.479 e. The minimum atomic E-state index is -0.714. The Hall–Kier alpha value is -3.06. The van der Waals surface area contributed by atoms with Crippen molar-refractivity contribution in [2.75, 3.05) is 11.9 Å². The zero-order chi connectivity index (χ0) is 18.8. The Labute approximate surface area is 157 Å². The number of rotatable bonds is 5. The van der Waals surface area contributed by atoms with E-state index in [1.165, 1.54) is 0 Å². The van der Waals surface area contributed by atoms with Crippen LogP contribution in [0.3, 0.4) is 0 Å². The van der Waals surface area contributed by atoms with Crippen LogP contribution in [0.15, 0.2) is 53.5 Å². The summed E-state index contributed by atoms with van der Waals surface area (Å²) in [5.74, 6) is 1.05.